The average Bonchev–Trinajstić information content (AvgIpc) is 1.44. The molecule has 98 valence electrons. The summed E-state index contributed by atoms with van der Waals surface area (Å²) in [4.78, 5) is 0. The molecule has 0 atom stereocenters. The zero-order valence-electron chi connectivity index (χ0n) is 12.3. The normalized spacial score (nSPS) is 13.2. The standard InChI is InChI=1S/C12H27P.CH3.Pd/c1-10(2,3)13(11(4,5)6)12(7,8)9;;/h1-9H3;1H3;/q;-1;. The van der Waals surface area contributed by atoms with E-state index in [-0.39, 0.29) is 35.8 Å². The molecule has 0 bridgehead atoms. The van der Waals surface area contributed by atoms with Crippen LogP contribution in [0.15, 0.2) is 0 Å². The predicted octanol–water partition coefficient (Wildman–Crippen LogP) is 5.31. The minimum Gasteiger partial charge on any atom is -0.358 e. The van der Waals surface area contributed by atoms with Gasteiger partial charge in [-0.05, 0) is 15.5 Å². The average molecular weight is 324 g/mol. The molecule has 0 radical (unpaired) electrons. The Bertz CT molecular complexity index is 133. The van der Waals surface area contributed by atoms with Crippen molar-refractivity contribution < 1.29 is 20.4 Å². The summed E-state index contributed by atoms with van der Waals surface area (Å²) in [6.45, 7) is 21.5. The van der Waals surface area contributed by atoms with Gasteiger partial charge in [-0.3, -0.25) is 0 Å². The number of hydrogen-bond donors (Lipinski definition) is 0. The summed E-state index contributed by atoms with van der Waals surface area (Å²) < 4.78 is 0. The molecular formula is C13H30PPd-. The molecule has 0 N–H and O–H groups in total. The maximum absolute atomic E-state index is 2.38. The zero-order valence-corrected chi connectivity index (χ0v) is 14.7. The van der Waals surface area contributed by atoms with Crippen molar-refractivity contribution in [3.63, 3.8) is 0 Å². The van der Waals surface area contributed by atoms with Gasteiger partial charge in [-0.2, -0.15) is 0 Å². The molecule has 0 saturated heterocycles. The first-order valence-corrected chi connectivity index (χ1v) is 6.51. The molecule has 0 aliphatic carbocycles. The third kappa shape index (κ3) is 7.10. The molecule has 0 heterocycles. The SMILES string of the molecule is CC(C)(C)P(C(C)(C)C)C(C)(C)C.[CH3-].[Pd]. The van der Waals surface area contributed by atoms with Gasteiger partial charge in [-0.1, -0.05) is 70.2 Å². The van der Waals surface area contributed by atoms with E-state index in [1.807, 2.05) is 0 Å². The second-order valence-electron chi connectivity index (χ2n) is 6.85. The van der Waals surface area contributed by atoms with Gasteiger partial charge in [0.2, 0.25) is 0 Å². The van der Waals surface area contributed by atoms with Gasteiger partial charge in [-0.15, -0.1) is 0 Å². The topological polar surface area (TPSA) is 0 Å². The first-order valence-electron chi connectivity index (χ1n) is 5.17. The van der Waals surface area contributed by atoms with E-state index in [4.69, 9.17) is 0 Å². The molecule has 2 heteroatoms. The van der Waals surface area contributed by atoms with E-state index in [1.165, 1.54) is 0 Å². The van der Waals surface area contributed by atoms with Crippen molar-refractivity contribution in [1.29, 1.82) is 0 Å². The van der Waals surface area contributed by atoms with Crippen molar-refractivity contribution in [2.24, 2.45) is 0 Å². The van der Waals surface area contributed by atoms with Crippen LogP contribution in [0, 0.1) is 7.43 Å². The van der Waals surface area contributed by atoms with E-state index in [2.05, 4.69) is 62.3 Å². The van der Waals surface area contributed by atoms with Gasteiger partial charge in [0.05, 0.1) is 0 Å². The molecule has 15 heavy (non-hydrogen) atoms. The fraction of sp³-hybridized carbons (Fsp3) is 0.923. The second kappa shape index (κ2) is 6.14. The number of hydrogen-bond acceptors (Lipinski definition) is 0. The maximum Gasteiger partial charge on any atom is 0 e. The van der Waals surface area contributed by atoms with Crippen LogP contribution in [-0.2, 0) is 20.4 Å². The Labute approximate surface area is 113 Å². The van der Waals surface area contributed by atoms with Gasteiger partial charge in [-0.25, -0.2) is 0 Å². The molecule has 0 aromatic rings. The Morgan fingerprint density at radius 1 is 0.533 bits per heavy atom. The third-order valence-corrected chi connectivity index (χ3v) is 6.04. The predicted molar refractivity (Wildman–Crippen MR) is 72.6 cm³/mol. The van der Waals surface area contributed by atoms with Crippen LogP contribution in [0.2, 0.25) is 0 Å². The molecular weight excluding hydrogens is 294 g/mol. The zero-order chi connectivity index (χ0) is 11.1. The summed E-state index contributed by atoms with van der Waals surface area (Å²) in [5.41, 5.74) is 0. The van der Waals surface area contributed by atoms with Gasteiger partial charge in [0.1, 0.15) is 0 Å². The van der Waals surface area contributed by atoms with E-state index >= 15 is 0 Å². The summed E-state index contributed by atoms with van der Waals surface area (Å²) in [5.74, 6) is 0. The van der Waals surface area contributed by atoms with Gasteiger partial charge >= 0.3 is 0 Å². The molecule has 0 rings (SSSR count). The summed E-state index contributed by atoms with van der Waals surface area (Å²) in [7, 11) is 0.0162. The largest absolute Gasteiger partial charge is 0.358 e. The maximum atomic E-state index is 2.38. The van der Waals surface area contributed by atoms with E-state index < -0.39 is 0 Å². The van der Waals surface area contributed by atoms with Crippen molar-refractivity contribution in [1.82, 2.24) is 0 Å². The van der Waals surface area contributed by atoms with Gasteiger partial charge in [0.15, 0.2) is 0 Å². The monoisotopic (exact) mass is 323 g/mol. The van der Waals surface area contributed by atoms with Crippen LogP contribution in [0.3, 0.4) is 0 Å². The van der Waals surface area contributed by atoms with E-state index in [9.17, 15) is 0 Å². The smallest absolute Gasteiger partial charge is 0 e. The summed E-state index contributed by atoms with van der Waals surface area (Å²) in [6.07, 6.45) is 0. The molecule has 0 aromatic carbocycles. The Kier molecular flexibility index (Phi) is 8.75. The van der Waals surface area contributed by atoms with Gasteiger partial charge in [0, 0.05) is 20.4 Å². The van der Waals surface area contributed by atoms with Crippen molar-refractivity contribution in [3.05, 3.63) is 7.43 Å². The van der Waals surface area contributed by atoms with Crippen molar-refractivity contribution in [2.75, 3.05) is 0 Å². The summed E-state index contributed by atoms with van der Waals surface area (Å²) in [6, 6.07) is 0. The Morgan fingerprint density at radius 3 is 0.667 bits per heavy atom. The van der Waals surface area contributed by atoms with Gasteiger partial charge < -0.3 is 7.43 Å². The van der Waals surface area contributed by atoms with E-state index in [0.29, 0.717) is 15.5 Å². The van der Waals surface area contributed by atoms with Gasteiger partial charge in [0.25, 0.3) is 0 Å². The Morgan fingerprint density at radius 2 is 0.667 bits per heavy atom. The quantitative estimate of drug-likeness (QED) is 0.322. The fourth-order valence-electron chi connectivity index (χ4n) is 3.02. The van der Waals surface area contributed by atoms with Crippen LogP contribution in [0.1, 0.15) is 62.3 Å². The molecule has 0 amide bonds. The Hall–Kier alpha value is 1.09. The van der Waals surface area contributed by atoms with Crippen LogP contribution in [0.5, 0.6) is 0 Å². The van der Waals surface area contributed by atoms with Crippen LogP contribution in [-0.4, -0.2) is 15.5 Å². The van der Waals surface area contributed by atoms with Crippen LogP contribution < -0.4 is 0 Å². The Balaban J connectivity index is -0.000000720. The molecule has 0 spiro atoms. The molecule has 0 fully saturated rings. The van der Waals surface area contributed by atoms with Crippen LogP contribution in [0.25, 0.3) is 0 Å². The van der Waals surface area contributed by atoms with E-state index in [1.54, 1.807) is 0 Å². The van der Waals surface area contributed by atoms with E-state index in [0.717, 1.165) is 0 Å². The molecule has 0 aromatic heterocycles. The summed E-state index contributed by atoms with van der Waals surface area (Å²) in [5, 5.41) is 1.35. The van der Waals surface area contributed by atoms with Crippen LogP contribution in [0.4, 0.5) is 0 Å². The van der Waals surface area contributed by atoms with Crippen molar-refractivity contribution >= 4 is 7.92 Å². The first-order chi connectivity index (χ1) is 5.37. The fourth-order valence-corrected chi connectivity index (χ4v) is 9.06. The second-order valence-corrected chi connectivity index (χ2v) is 11.5. The minimum absolute atomic E-state index is 0. The molecule has 0 aliphatic heterocycles. The van der Waals surface area contributed by atoms with Crippen molar-refractivity contribution in [2.45, 2.75) is 77.8 Å². The summed E-state index contributed by atoms with van der Waals surface area (Å²) >= 11 is 0. The van der Waals surface area contributed by atoms with Crippen LogP contribution >= 0.6 is 7.92 Å². The first kappa shape index (κ1) is 21.4. The molecule has 0 saturated carbocycles. The third-order valence-electron chi connectivity index (χ3n) is 2.01. The molecule has 0 aliphatic rings. The molecule has 0 nitrogen and oxygen atoms in total. The van der Waals surface area contributed by atoms with Crippen molar-refractivity contribution in [3.8, 4) is 0 Å². The number of rotatable bonds is 0. The molecule has 0 unspecified atom stereocenters. The minimum atomic E-state index is 0.